The van der Waals surface area contributed by atoms with E-state index in [1.807, 2.05) is 0 Å². The van der Waals surface area contributed by atoms with Crippen LogP contribution in [0.25, 0.3) is 0 Å². The van der Waals surface area contributed by atoms with Crippen LogP contribution >= 0.6 is 11.8 Å². The number of hydrogen-bond donors (Lipinski definition) is 1. The molecule has 4 atom stereocenters. The minimum Gasteiger partial charge on any atom is -0.327 e. The van der Waals surface area contributed by atoms with E-state index in [1.165, 1.54) is 31.4 Å². The van der Waals surface area contributed by atoms with E-state index in [0.29, 0.717) is 6.04 Å². The van der Waals surface area contributed by atoms with Gasteiger partial charge in [0.25, 0.3) is 0 Å². The molecule has 2 aliphatic rings. The molecule has 70 valence electrons. The molecule has 2 rings (SSSR count). The lowest BCUT2D eigenvalue weighted by atomic mass is 9.79. The first-order valence-electron chi connectivity index (χ1n) is 5.16. The Labute approximate surface area is 79.5 Å². The Bertz CT molecular complexity index is 158. The second kappa shape index (κ2) is 3.59. The molecule has 1 saturated heterocycles. The van der Waals surface area contributed by atoms with Gasteiger partial charge in [0.05, 0.1) is 0 Å². The predicted molar refractivity (Wildman–Crippen MR) is 55.3 cm³/mol. The standard InChI is InChI=1S/C10H19NS/c1-7-6-12-9-5-3-2-4-8(9)10(7)11/h7-10H,2-6,11H2,1H3. The van der Waals surface area contributed by atoms with Gasteiger partial charge < -0.3 is 5.73 Å². The Kier molecular flexibility index (Phi) is 2.66. The van der Waals surface area contributed by atoms with Crippen LogP contribution < -0.4 is 5.73 Å². The lowest BCUT2D eigenvalue weighted by Gasteiger charge is -2.42. The van der Waals surface area contributed by atoms with Gasteiger partial charge in [0.2, 0.25) is 0 Å². The maximum Gasteiger partial charge on any atom is 0.0111 e. The first kappa shape index (κ1) is 8.89. The number of hydrogen-bond acceptors (Lipinski definition) is 2. The van der Waals surface area contributed by atoms with Gasteiger partial charge in [-0.15, -0.1) is 0 Å². The Balaban J connectivity index is 2.03. The van der Waals surface area contributed by atoms with Gasteiger partial charge in [-0.2, -0.15) is 11.8 Å². The summed E-state index contributed by atoms with van der Waals surface area (Å²) in [5.41, 5.74) is 6.22. The highest BCUT2D eigenvalue weighted by molar-refractivity contribution is 8.00. The number of nitrogens with two attached hydrogens (primary N) is 1. The molecule has 0 bridgehead atoms. The summed E-state index contributed by atoms with van der Waals surface area (Å²) in [7, 11) is 0. The van der Waals surface area contributed by atoms with Gasteiger partial charge in [0.1, 0.15) is 0 Å². The fraction of sp³-hybridized carbons (Fsp3) is 1.00. The smallest absolute Gasteiger partial charge is 0.0111 e. The summed E-state index contributed by atoms with van der Waals surface area (Å²) in [5, 5.41) is 0.907. The van der Waals surface area contributed by atoms with E-state index >= 15 is 0 Å². The molecule has 0 aromatic carbocycles. The SMILES string of the molecule is CC1CSC2CCCCC2C1N. The third-order valence-electron chi connectivity index (χ3n) is 3.48. The van der Waals surface area contributed by atoms with Crippen molar-refractivity contribution in [3.05, 3.63) is 0 Å². The first-order valence-corrected chi connectivity index (χ1v) is 6.21. The van der Waals surface area contributed by atoms with Crippen molar-refractivity contribution in [2.24, 2.45) is 17.6 Å². The average Bonchev–Trinajstić information content (AvgIpc) is 2.12. The number of fused-ring (bicyclic) bond motifs is 1. The summed E-state index contributed by atoms with van der Waals surface area (Å²) in [6.45, 7) is 2.31. The topological polar surface area (TPSA) is 26.0 Å². The summed E-state index contributed by atoms with van der Waals surface area (Å²) >= 11 is 2.18. The molecule has 0 spiro atoms. The fourth-order valence-corrected chi connectivity index (χ4v) is 4.25. The van der Waals surface area contributed by atoms with Crippen LogP contribution in [0.2, 0.25) is 0 Å². The monoisotopic (exact) mass is 185 g/mol. The van der Waals surface area contributed by atoms with Crippen LogP contribution in [0.15, 0.2) is 0 Å². The summed E-state index contributed by atoms with van der Waals surface area (Å²) in [5.74, 6) is 2.88. The number of rotatable bonds is 0. The second-order valence-corrected chi connectivity index (χ2v) is 5.65. The van der Waals surface area contributed by atoms with E-state index in [-0.39, 0.29) is 0 Å². The van der Waals surface area contributed by atoms with Crippen LogP contribution in [-0.4, -0.2) is 17.0 Å². The molecular weight excluding hydrogens is 166 g/mol. The van der Waals surface area contributed by atoms with Gasteiger partial charge in [-0.05, 0) is 30.4 Å². The predicted octanol–water partition coefficient (Wildman–Crippen LogP) is 2.26. The largest absolute Gasteiger partial charge is 0.327 e. The van der Waals surface area contributed by atoms with Crippen LogP contribution in [0.4, 0.5) is 0 Å². The fourth-order valence-electron chi connectivity index (χ4n) is 2.58. The Hall–Kier alpha value is 0.310. The molecule has 1 heterocycles. The van der Waals surface area contributed by atoms with Crippen molar-refractivity contribution < 1.29 is 0 Å². The zero-order valence-corrected chi connectivity index (χ0v) is 8.65. The summed E-state index contributed by atoms with van der Waals surface area (Å²) < 4.78 is 0. The second-order valence-electron chi connectivity index (χ2n) is 4.37. The van der Waals surface area contributed by atoms with Crippen molar-refractivity contribution in [3.8, 4) is 0 Å². The lowest BCUT2D eigenvalue weighted by molar-refractivity contribution is 0.261. The van der Waals surface area contributed by atoms with Crippen molar-refractivity contribution in [1.82, 2.24) is 0 Å². The Morgan fingerprint density at radius 1 is 1.25 bits per heavy atom. The zero-order valence-electron chi connectivity index (χ0n) is 7.83. The van der Waals surface area contributed by atoms with Crippen molar-refractivity contribution in [2.75, 3.05) is 5.75 Å². The first-order chi connectivity index (χ1) is 5.79. The molecule has 0 amide bonds. The molecule has 12 heavy (non-hydrogen) atoms. The van der Waals surface area contributed by atoms with Gasteiger partial charge in [-0.3, -0.25) is 0 Å². The molecule has 0 radical (unpaired) electrons. The molecule has 0 aromatic heterocycles. The molecule has 0 aromatic rings. The molecule has 1 saturated carbocycles. The summed E-state index contributed by atoms with van der Waals surface area (Å²) in [6, 6.07) is 0.497. The highest BCUT2D eigenvalue weighted by atomic mass is 32.2. The van der Waals surface area contributed by atoms with E-state index in [9.17, 15) is 0 Å². The number of thioether (sulfide) groups is 1. The van der Waals surface area contributed by atoms with E-state index in [0.717, 1.165) is 17.1 Å². The Morgan fingerprint density at radius 3 is 2.83 bits per heavy atom. The van der Waals surface area contributed by atoms with Crippen molar-refractivity contribution in [3.63, 3.8) is 0 Å². The van der Waals surface area contributed by atoms with Crippen molar-refractivity contribution >= 4 is 11.8 Å². The normalized spacial score (nSPS) is 48.5. The van der Waals surface area contributed by atoms with Gasteiger partial charge in [0.15, 0.2) is 0 Å². The molecule has 2 N–H and O–H groups in total. The molecule has 4 unspecified atom stereocenters. The maximum atomic E-state index is 6.22. The average molecular weight is 185 g/mol. The van der Waals surface area contributed by atoms with E-state index < -0.39 is 0 Å². The van der Waals surface area contributed by atoms with Crippen LogP contribution in [0.3, 0.4) is 0 Å². The molecule has 1 aliphatic carbocycles. The van der Waals surface area contributed by atoms with Crippen molar-refractivity contribution in [2.45, 2.75) is 43.9 Å². The summed E-state index contributed by atoms with van der Waals surface area (Å²) in [6.07, 6.45) is 5.68. The van der Waals surface area contributed by atoms with Gasteiger partial charge in [-0.1, -0.05) is 19.8 Å². The Morgan fingerprint density at radius 2 is 2.00 bits per heavy atom. The highest BCUT2D eigenvalue weighted by Crippen LogP contribution is 2.41. The minimum absolute atomic E-state index is 0.497. The van der Waals surface area contributed by atoms with Crippen LogP contribution in [0.5, 0.6) is 0 Å². The van der Waals surface area contributed by atoms with Gasteiger partial charge in [-0.25, -0.2) is 0 Å². The van der Waals surface area contributed by atoms with Crippen molar-refractivity contribution in [1.29, 1.82) is 0 Å². The third kappa shape index (κ3) is 1.51. The lowest BCUT2D eigenvalue weighted by Crippen LogP contribution is -2.47. The molecule has 1 nitrogen and oxygen atoms in total. The van der Waals surface area contributed by atoms with E-state index in [2.05, 4.69) is 18.7 Å². The van der Waals surface area contributed by atoms with Crippen LogP contribution in [-0.2, 0) is 0 Å². The third-order valence-corrected chi connectivity index (χ3v) is 5.21. The minimum atomic E-state index is 0.497. The van der Waals surface area contributed by atoms with E-state index in [1.54, 1.807) is 0 Å². The van der Waals surface area contributed by atoms with Gasteiger partial charge in [0, 0.05) is 11.3 Å². The molecular formula is C10H19NS. The molecule has 2 fully saturated rings. The van der Waals surface area contributed by atoms with E-state index in [4.69, 9.17) is 5.73 Å². The quantitative estimate of drug-likeness (QED) is 0.626. The van der Waals surface area contributed by atoms with Crippen LogP contribution in [0.1, 0.15) is 32.6 Å². The molecule has 1 aliphatic heterocycles. The zero-order chi connectivity index (χ0) is 8.55. The maximum absolute atomic E-state index is 6.22. The van der Waals surface area contributed by atoms with Gasteiger partial charge >= 0.3 is 0 Å². The van der Waals surface area contributed by atoms with Crippen LogP contribution in [0, 0.1) is 11.8 Å². The summed E-state index contributed by atoms with van der Waals surface area (Å²) in [4.78, 5) is 0. The highest BCUT2D eigenvalue weighted by Gasteiger charge is 2.36. The molecule has 2 heteroatoms.